The van der Waals surface area contributed by atoms with E-state index >= 15 is 0 Å². The zero-order valence-corrected chi connectivity index (χ0v) is 16.3. The average Bonchev–Trinajstić information content (AvgIpc) is 2.88. The molecule has 0 spiro atoms. The number of anilines is 1. The van der Waals surface area contributed by atoms with Gasteiger partial charge < -0.3 is 10.1 Å². The van der Waals surface area contributed by atoms with Crippen molar-refractivity contribution < 1.29 is 14.3 Å². The monoisotopic (exact) mass is 384 g/mol. The maximum absolute atomic E-state index is 13.0. The number of halogens is 1. The number of methoxy groups -OCH3 is 1. The lowest BCUT2D eigenvalue weighted by molar-refractivity contribution is -0.136. The summed E-state index contributed by atoms with van der Waals surface area (Å²) in [4.78, 5) is 27.2. The number of carbonyl (C=O) groups excluding carboxylic acids is 2. The van der Waals surface area contributed by atoms with Crippen LogP contribution in [-0.2, 0) is 9.59 Å². The van der Waals surface area contributed by atoms with Crippen LogP contribution < -0.4 is 10.1 Å². The molecule has 1 aliphatic heterocycles. The van der Waals surface area contributed by atoms with Crippen molar-refractivity contribution in [3.05, 3.63) is 64.3 Å². The van der Waals surface area contributed by atoms with Gasteiger partial charge in [0.15, 0.2) is 0 Å². The van der Waals surface area contributed by atoms with Gasteiger partial charge in [0.1, 0.15) is 11.4 Å². The molecule has 3 rings (SSSR count). The molecule has 0 unspecified atom stereocenters. The molecule has 27 heavy (non-hydrogen) atoms. The molecule has 1 N–H and O–H groups in total. The van der Waals surface area contributed by atoms with Gasteiger partial charge in [0.2, 0.25) is 0 Å². The largest absolute Gasteiger partial charge is 0.495 e. The highest BCUT2D eigenvalue weighted by Crippen LogP contribution is 2.34. The second-order valence-corrected chi connectivity index (χ2v) is 6.78. The molecular weight excluding hydrogens is 364 g/mol. The van der Waals surface area contributed by atoms with E-state index in [0.29, 0.717) is 40.6 Å². The van der Waals surface area contributed by atoms with E-state index in [1.807, 2.05) is 38.1 Å². The Labute approximate surface area is 163 Å². The minimum atomic E-state index is -0.348. The van der Waals surface area contributed by atoms with E-state index in [9.17, 15) is 9.59 Å². The Balaban J connectivity index is 2.11. The first kappa shape index (κ1) is 19.0. The van der Waals surface area contributed by atoms with E-state index in [-0.39, 0.29) is 17.5 Å². The van der Waals surface area contributed by atoms with E-state index in [1.165, 1.54) is 12.0 Å². The summed E-state index contributed by atoms with van der Waals surface area (Å²) in [6, 6.07) is 12.6. The summed E-state index contributed by atoms with van der Waals surface area (Å²) in [6.45, 7) is 4.27. The van der Waals surface area contributed by atoms with Crippen molar-refractivity contribution in [1.82, 2.24) is 4.90 Å². The molecule has 2 aromatic carbocycles. The molecule has 6 heteroatoms. The van der Waals surface area contributed by atoms with Gasteiger partial charge in [-0.25, -0.2) is 0 Å². The van der Waals surface area contributed by atoms with Crippen LogP contribution in [-0.4, -0.2) is 30.4 Å². The second-order valence-electron chi connectivity index (χ2n) is 6.35. The summed E-state index contributed by atoms with van der Waals surface area (Å²) in [6.07, 6.45) is 0.687. The number of imide groups is 1. The number of aryl methyl sites for hydroxylation is 1. The summed E-state index contributed by atoms with van der Waals surface area (Å²) in [5, 5.41) is 3.59. The number of carbonyl (C=O) groups is 2. The van der Waals surface area contributed by atoms with Gasteiger partial charge in [-0.15, -0.1) is 0 Å². The molecular formula is C21H21ClN2O3. The predicted octanol–water partition coefficient (Wildman–Crippen LogP) is 4.26. The molecule has 1 heterocycles. The van der Waals surface area contributed by atoms with Crippen LogP contribution >= 0.6 is 11.6 Å². The highest BCUT2D eigenvalue weighted by atomic mass is 35.5. The summed E-state index contributed by atoms with van der Waals surface area (Å²) in [5.74, 6) is -0.113. The molecule has 5 nitrogen and oxygen atoms in total. The van der Waals surface area contributed by atoms with Crippen molar-refractivity contribution in [2.75, 3.05) is 19.0 Å². The van der Waals surface area contributed by atoms with Gasteiger partial charge in [-0.05, 0) is 37.1 Å². The first-order chi connectivity index (χ1) is 13.0. The van der Waals surface area contributed by atoms with Gasteiger partial charge in [0.05, 0.1) is 18.4 Å². The third-order valence-corrected chi connectivity index (χ3v) is 4.61. The lowest BCUT2D eigenvalue weighted by Gasteiger charge is -2.15. The van der Waals surface area contributed by atoms with Gasteiger partial charge in [-0.1, -0.05) is 48.4 Å². The van der Waals surface area contributed by atoms with Crippen LogP contribution in [0, 0.1) is 6.92 Å². The normalized spacial score (nSPS) is 14.1. The number of rotatable bonds is 6. The fraction of sp³-hybridized carbons (Fsp3) is 0.238. The minimum absolute atomic E-state index is 0.234. The first-order valence-corrected chi connectivity index (χ1v) is 9.12. The Morgan fingerprint density at radius 2 is 1.78 bits per heavy atom. The van der Waals surface area contributed by atoms with Crippen molar-refractivity contribution >= 4 is 34.7 Å². The van der Waals surface area contributed by atoms with Crippen molar-refractivity contribution in [2.45, 2.75) is 20.3 Å². The molecule has 0 fully saturated rings. The van der Waals surface area contributed by atoms with E-state index in [1.54, 1.807) is 18.2 Å². The van der Waals surface area contributed by atoms with E-state index < -0.39 is 0 Å². The van der Waals surface area contributed by atoms with E-state index in [0.717, 1.165) is 5.56 Å². The molecule has 0 radical (unpaired) electrons. The number of nitrogens with zero attached hydrogens (tertiary/aromatic N) is 1. The molecule has 0 atom stereocenters. The van der Waals surface area contributed by atoms with Crippen LogP contribution in [0.25, 0.3) is 5.57 Å². The zero-order valence-electron chi connectivity index (χ0n) is 15.5. The predicted molar refractivity (Wildman–Crippen MR) is 107 cm³/mol. The molecule has 0 bridgehead atoms. The molecule has 140 valence electrons. The number of amides is 2. The fourth-order valence-electron chi connectivity index (χ4n) is 3.02. The number of hydrogen-bond acceptors (Lipinski definition) is 4. The minimum Gasteiger partial charge on any atom is -0.495 e. The first-order valence-electron chi connectivity index (χ1n) is 8.74. The molecule has 2 aromatic rings. The SMILES string of the molecule is CCCN1C(=O)C(Nc2cc(Cl)ccc2OC)=C(c2ccc(C)cc2)C1=O. The molecule has 2 amide bonds. The van der Waals surface area contributed by atoms with Crippen molar-refractivity contribution in [2.24, 2.45) is 0 Å². The molecule has 0 aliphatic carbocycles. The van der Waals surface area contributed by atoms with Crippen LogP contribution in [0.5, 0.6) is 5.75 Å². The Morgan fingerprint density at radius 3 is 2.41 bits per heavy atom. The van der Waals surface area contributed by atoms with Crippen LogP contribution in [0.4, 0.5) is 5.69 Å². The lowest BCUT2D eigenvalue weighted by atomic mass is 10.0. The molecule has 0 saturated heterocycles. The van der Waals surface area contributed by atoms with Crippen molar-refractivity contribution in [1.29, 1.82) is 0 Å². The number of nitrogens with one attached hydrogen (secondary N) is 1. The maximum atomic E-state index is 13.0. The summed E-state index contributed by atoms with van der Waals surface area (Å²) in [7, 11) is 1.54. The van der Waals surface area contributed by atoms with Crippen LogP contribution in [0.2, 0.25) is 5.02 Å². The van der Waals surface area contributed by atoms with Gasteiger partial charge >= 0.3 is 0 Å². The Morgan fingerprint density at radius 1 is 1.07 bits per heavy atom. The molecule has 1 aliphatic rings. The van der Waals surface area contributed by atoms with Crippen LogP contribution in [0.15, 0.2) is 48.2 Å². The zero-order chi connectivity index (χ0) is 19.6. The van der Waals surface area contributed by atoms with Crippen molar-refractivity contribution in [3.63, 3.8) is 0 Å². The average molecular weight is 385 g/mol. The highest BCUT2D eigenvalue weighted by Gasteiger charge is 2.38. The van der Waals surface area contributed by atoms with Crippen molar-refractivity contribution in [3.8, 4) is 5.75 Å². The van der Waals surface area contributed by atoms with Crippen LogP contribution in [0.3, 0.4) is 0 Å². The Bertz CT molecular complexity index is 920. The lowest BCUT2D eigenvalue weighted by Crippen LogP contribution is -2.33. The molecule has 0 saturated carbocycles. The molecule has 0 aromatic heterocycles. The van der Waals surface area contributed by atoms with Gasteiger partial charge in [0.25, 0.3) is 11.8 Å². The number of benzene rings is 2. The fourth-order valence-corrected chi connectivity index (χ4v) is 3.19. The Kier molecular flexibility index (Phi) is 5.51. The summed E-state index contributed by atoms with van der Waals surface area (Å²) >= 11 is 6.10. The summed E-state index contributed by atoms with van der Waals surface area (Å²) in [5.41, 5.74) is 2.89. The Hall–Kier alpha value is -2.79. The van der Waals surface area contributed by atoms with E-state index in [4.69, 9.17) is 16.3 Å². The summed E-state index contributed by atoms with van der Waals surface area (Å²) < 4.78 is 5.35. The maximum Gasteiger partial charge on any atom is 0.278 e. The number of ether oxygens (including phenoxy) is 1. The van der Waals surface area contributed by atoms with E-state index in [2.05, 4.69) is 5.32 Å². The smallest absolute Gasteiger partial charge is 0.278 e. The highest BCUT2D eigenvalue weighted by molar-refractivity contribution is 6.36. The van der Waals surface area contributed by atoms with Crippen LogP contribution in [0.1, 0.15) is 24.5 Å². The van der Waals surface area contributed by atoms with Gasteiger partial charge in [-0.2, -0.15) is 0 Å². The van der Waals surface area contributed by atoms with Gasteiger partial charge in [-0.3, -0.25) is 14.5 Å². The number of hydrogen-bond donors (Lipinski definition) is 1. The third-order valence-electron chi connectivity index (χ3n) is 4.38. The quantitative estimate of drug-likeness (QED) is 0.756. The van der Waals surface area contributed by atoms with Gasteiger partial charge in [0, 0.05) is 11.6 Å². The topological polar surface area (TPSA) is 58.6 Å². The standard InChI is InChI=1S/C21H21ClN2O3/c1-4-11-24-20(25)18(14-7-5-13(2)6-8-14)19(21(24)26)23-16-12-15(22)9-10-17(16)27-3/h5-10,12,23H,4,11H2,1-3H3. The second kappa shape index (κ2) is 7.84. The third kappa shape index (κ3) is 3.69.